The lowest BCUT2D eigenvalue weighted by Gasteiger charge is -2.27. The molecule has 1 amide bonds. The van der Waals surface area contributed by atoms with Crippen LogP contribution < -0.4 is 5.32 Å². The first-order valence-corrected chi connectivity index (χ1v) is 10.8. The molecule has 0 radical (unpaired) electrons. The van der Waals surface area contributed by atoms with Crippen molar-refractivity contribution >= 4 is 17.2 Å². The average Bonchev–Trinajstić information content (AvgIpc) is 3.36. The fourth-order valence-corrected chi connectivity index (χ4v) is 4.92. The molecular weight excluding hydrogens is 358 g/mol. The minimum Gasteiger partial charge on any atom is -0.376 e. The number of carbonyl (C=O) groups is 1. The number of amides is 1. The maximum atomic E-state index is 12.6. The van der Waals surface area contributed by atoms with Crippen molar-refractivity contribution in [2.24, 2.45) is 0 Å². The van der Waals surface area contributed by atoms with Gasteiger partial charge in [-0.3, -0.25) is 14.7 Å². The van der Waals surface area contributed by atoms with Gasteiger partial charge >= 0.3 is 0 Å². The Morgan fingerprint density at radius 2 is 2.37 bits per heavy atom. The molecule has 0 bridgehead atoms. The van der Waals surface area contributed by atoms with Crippen molar-refractivity contribution < 1.29 is 9.53 Å². The third-order valence-corrected chi connectivity index (χ3v) is 6.48. The minimum absolute atomic E-state index is 0.0493. The Morgan fingerprint density at radius 3 is 3.11 bits per heavy atom. The maximum Gasteiger partial charge on any atom is 0.252 e. The van der Waals surface area contributed by atoms with E-state index in [4.69, 9.17) is 4.74 Å². The van der Waals surface area contributed by atoms with E-state index < -0.39 is 0 Å². The largest absolute Gasteiger partial charge is 0.376 e. The van der Waals surface area contributed by atoms with Crippen LogP contribution in [-0.2, 0) is 30.7 Å². The van der Waals surface area contributed by atoms with Crippen molar-refractivity contribution in [1.29, 1.82) is 0 Å². The minimum atomic E-state index is 0.0493. The number of ether oxygens (including phenoxy) is 1. The van der Waals surface area contributed by atoms with Crippen LogP contribution in [0.15, 0.2) is 23.7 Å². The second kappa shape index (κ2) is 8.50. The van der Waals surface area contributed by atoms with E-state index in [0.717, 1.165) is 63.2 Å². The highest BCUT2D eigenvalue weighted by Crippen LogP contribution is 2.29. The summed E-state index contributed by atoms with van der Waals surface area (Å²) in [6.45, 7) is 6.31. The molecule has 1 atom stereocenters. The summed E-state index contributed by atoms with van der Waals surface area (Å²) in [5.74, 6) is 0.0493. The van der Waals surface area contributed by atoms with Gasteiger partial charge < -0.3 is 10.1 Å². The summed E-state index contributed by atoms with van der Waals surface area (Å²) < 4.78 is 5.59. The molecule has 1 N–H and O–H groups in total. The molecule has 2 aliphatic heterocycles. The van der Waals surface area contributed by atoms with E-state index in [9.17, 15) is 4.79 Å². The number of hydrogen-bond acceptors (Lipinski definition) is 5. The van der Waals surface area contributed by atoms with E-state index in [-0.39, 0.29) is 12.0 Å². The van der Waals surface area contributed by atoms with E-state index in [0.29, 0.717) is 6.54 Å². The summed E-state index contributed by atoms with van der Waals surface area (Å²) in [6.07, 6.45) is 6.25. The van der Waals surface area contributed by atoms with E-state index in [1.165, 1.54) is 16.0 Å². The lowest BCUT2D eigenvalue weighted by Crippen LogP contribution is -2.34. The molecule has 1 unspecified atom stereocenters. The molecule has 6 heteroatoms. The topological polar surface area (TPSA) is 54.5 Å². The summed E-state index contributed by atoms with van der Waals surface area (Å²) in [4.78, 5) is 20.9. The lowest BCUT2D eigenvalue weighted by atomic mass is 10.0. The molecule has 4 heterocycles. The zero-order valence-corrected chi connectivity index (χ0v) is 16.7. The van der Waals surface area contributed by atoms with Crippen LogP contribution in [0, 0.1) is 0 Å². The van der Waals surface area contributed by atoms with E-state index in [2.05, 4.69) is 34.3 Å². The van der Waals surface area contributed by atoms with E-state index in [1.54, 1.807) is 11.3 Å². The Kier molecular flexibility index (Phi) is 5.86. The first-order chi connectivity index (χ1) is 13.2. The molecule has 2 aromatic rings. The van der Waals surface area contributed by atoms with Crippen LogP contribution in [0.3, 0.4) is 0 Å². The molecule has 144 valence electrons. The molecule has 0 aromatic carbocycles. The van der Waals surface area contributed by atoms with Gasteiger partial charge in [0.15, 0.2) is 0 Å². The number of nitrogens with one attached hydrogen (secondary N) is 1. The molecule has 1 saturated heterocycles. The Labute approximate surface area is 164 Å². The smallest absolute Gasteiger partial charge is 0.252 e. The van der Waals surface area contributed by atoms with Gasteiger partial charge in [0.05, 0.1) is 17.4 Å². The monoisotopic (exact) mass is 385 g/mol. The molecule has 27 heavy (non-hydrogen) atoms. The zero-order valence-electron chi connectivity index (χ0n) is 15.9. The molecule has 1 fully saturated rings. The molecule has 0 aliphatic carbocycles. The summed E-state index contributed by atoms with van der Waals surface area (Å²) in [6, 6.07) is 4.30. The first-order valence-electron chi connectivity index (χ1n) is 9.88. The quantitative estimate of drug-likeness (QED) is 0.830. The van der Waals surface area contributed by atoms with Gasteiger partial charge in [0.1, 0.15) is 0 Å². The van der Waals surface area contributed by atoms with Crippen LogP contribution in [0.2, 0.25) is 0 Å². The maximum absolute atomic E-state index is 12.6. The van der Waals surface area contributed by atoms with Gasteiger partial charge in [0.25, 0.3) is 5.91 Å². The predicted octanol–water partition coefficient (Wildman–Crippen LogP) is 3.17. The van der Waals surface area contributed by atoms with Crippen molar-refractivity contribution in [1.82, 2.24) is 15.2 Å². The van der Waals surface area contributed by atoms with Crippen molar-refractivity contribution in [2.45, 2.75) is 51.8 Å². The molecular formula is C21H27N3O2S. The normalized spacial score (nSPS) is 19.8. The standard InChI is InChI=1S/C21H27N3O2S/c1-2-15-5-6-16(22-10-15)12-24-8-7-18-19(14-27-20(18)13-24)21(25)23-11-17-4-3-9-26-17/h5-6,10,14,17H,2-4,7-9,11-13H2,1H3,(H,23,25). The van der Waals surface area contributed by atoms with Crippen molar-refractivity contribution in [3.05, 3.63) is 51.0 Å². The summed E-state index contributed by atoms with van der Waals surface area (Å²) in [5, 5.41) is 5.08. The number of pyridine rings is 1. The third-order valence-electron chi connectivity index (χ3n) is 5.46. The number of nitrogens with zero attached hydrogens (tertiary/aromatic N) is 2. The lowest BCUT2D eigenvalue weighted by molar-refractivity contribution is 0.0856. The Morgan fingerprint density at radius 1 is 1.44 bits per heavy atom. The number of fused-ring (bicyclic) bond motifs is 1. The highest BCUT2D eigenvalue weighted by molar-refractivity contribution is 7.10. The summed E-state index contributed by atoms with van der Waals surface area (Å²) in [7, 11) is 0. The second-order valence-corrected chi connectivity index (χ2v) is 8.33. The number of aromatic nitrogens is 1. The van der Waals surface area contributed by atoms with Crippen LogP contribution >= 0.6 is 11.3 Å². The van der Waals surface area contributed by atoms with Crippen LogP contribution in [0.4, 0.5) is 0 Å². The molecule has 4 rings (SSSR count). The molecule has 2 aromatic heterocycles. The first kappa shape index (κ1) is 18.6. The van der Waals surface area contributed by atoms with Gasteiger partial charge in [-0.2, -0.15) is 0 Å². The summed E-state index contributed by atoms with van der Waals surface area (Å²) >= 11 is 1.70. The van der Waals surface area contributed by atoms with E-state index >= 15 is 0 Å². The van der Waals surface area contributed by atoms with Crippen molar-refractivity contribution in [2.75, 3.05) is 19.7 Å². The van der Waals surface area contributed by atoms with Crippen LogP contribution in [0.5, 0.6) is 0 Å². The predicted molar refractivity (Wildman–Crippen MR) is 107 cm³/mol. The second-order valence-electron chi connectivity index (χ2n) is 7.37. The fraction of sp³-hybridized carbons (Fsp3) is 0.524. The van der Waals surface area contributed by atoms with E-state index in [1.807, 2.05) is 11.6 Å². The molecule has 5 nitrogen and oxygen atoms in total. The number of hydrogen-bond donors (Lipinski definition) is 1. The van der Waals surface area contributed by atoms with Gasteiger partial charge in [-0.15, -0.1) is 11.3 Å². The van der Waals surface area contributed by atoms with Gasteiger partial charge in [0.2, 0.25) is 0 Å². The molecule has 0 saturated carbocycles. The van der Waals surface area contributed by atoms with Crippen LogP contribution in [0.1, 0.15) is 51.8 Å². The molecule has 2 aliphatic rings. The Balaban J connectivity index is 1.35. The summed E-state index contributed by atoms with van der Waals surface area (Å²) in [5.41, 5.74) is 4.48. The highest BCUT2D eigenvalue weighted by Gasteiger charge is 2.25. The third kappa shape index (κ3) is 4.39. The van der Waals surface area contributed by atoms with Crippen molar-refractivity contribution in [3.8, 4) is 0 Å². The number of aryl methyl sites for hydroxylation is 1. The van der Waals surface area contributed by atoms with Gasteiger partial charge in [-0.05, 0) is 42.9 Å². The SMILES string of the molecule is CCc1ccc(CN2CCc3c(C(=O)NCC4CCCO4)csc3C2)nc1. The van der Waals surface area contributed by atoms with Crippen molar-refractivity contribution in [3.63, 3.8) is 0 Å². The van der Waals surface area contributed by atoms with Gasteiger partial charge in [-0.25, -0.2) is 0 Å². The van der Waals surface area contributed by atoms with Gasteiger partial charge in [-0.1, -0.05) is 13.0 Å². The number of thiophene rings is 1. The Bertz CT molecular complexity index is 781. The number of rotatable bonds is 6. The average molecular weight is 386 g/mol. The Hall–Kier alpha value is -1.76. The van der Waals surface area contributed by atoms with Crippen LogP contribution in [-0.4, -0.2) is 41.6 Å². The zero-order chi connectivity index (χ0) is 18.6. The van der Waals surface area contributed by atoms with Crippen LogP contribution in [0.25, 0.3) is 0 Å². The fourth-order valence-electron chi connectivity index (χ4n) is 3.80. The van der Waals surface area contributed by atoms with Gasteiger partial charge in [0, 0.05) is 49.2 Å². The highest BCUT2D eigenvalue weighted by atomic mass is 32.1. The molecule has 0 spiro atoms. The number of carbonyl (C=O) groups excluding carboxylic acids is 1.